The molecular weight excluding hydrogens is 164 g/mol. The number of hydrogen-bond donors (Lipinski definition) is 0. The van der Waals surface area contributed by atoms with E-state index in [4.69, 9.17) is 0 Å². The lowest BCUT2D eigenvalue weighted by atomic mass is 10.4. The lowest BCUT2D eigenvalue weighted by molar-refractivity contribution is -0.141. The van der Waals surface area contributed by atoms with Gasteiger partial charge in [0.2, 0.25) is 5.76 Å². The molecule has 0 spiro atoms. The lowest BCUT2D eigenvalue weighted by Crippen LogP contribution is -2.09. The van der Waals surface area contributed by atoms with Gasteiger partial charge in [-0.05, 0) is 0 Å². The van der Waals surface area contributed by atoms with Gasteiger partial charge in [0.05, 0.1) is 27.4 Å². The van der Waals surface area contributed by atoms with E-state index in [-0.39, 0.29) is 5.76 Å². The predicted molar refractivity (Wildman–Crippen MR) is 39.1 cm³/mol. The van der Waals surface area contributed by atoms with Crippen LogP contribution in [0, 0.1) is 0 Å². The van der Waals surface area contributed by atoms with Crippen LogP contribution in [0.2, 0.25) is 0 Å². The topological polar surface area (TPSA) is 61.8 Å². The van der Waals surface area contributed by atoms with Gasteiger partial charge in [0.1, 0.15) is 0 Å². The zero-order valence-electron chi connectivity index (χ0n) is 7.12. The van der Waals surface area contributed by atoms with E-state index in [0.29, 0.717) is 0 Å². The Morgan fingerprint density at radius 2 is 1.58 bits per heavy atom. The average Bonchev–Trinajstić information content (AvgIpc) is 2.12. The molecule has 0 aromatic heterocycles. The van der Waals surface area contributed by atoms with Crippen molar-refractivity contribution in [3.05, 3.63) is 11.8 Å². The van der Waals surface area contributed by atoms with Gasteiger partial charge in [0.15, 0.2) is 0 Å². The van der Waals surface area contributed by atoms with Gasteiger partial charge in [-0.3, -0.25) is 0 Å². The Bertz CT molecular complexity index is 206. The summed E-state index contributed by atoms with van der Waals surface area (Å²) in [5.41, 5.74) is 0. The molecule has 0 fully saturated rings. The Morgan fingerprint density at radius 3 is 1.92 bits per heavy atom. The van der Waals surface area contributed by atoms with E-state index in [1.807, 2.05) is 0 Å². The van der Waals surface area contributed by atoms with Crippen molar-refractivity contribution >= 4 is 11.9 Å². The van der Waals surface area contributed by atoms with E-state index < -0.39 is 11.9 Å². The number of esters is 2. The molecule has 5 heteroatoms. The molecule has 68 valence electrons. The van der Waals surface area contributed by atoms with Crippen molar-refractivity contribution in [1.29, 1.82) is 0 Å². The van der Waals surface area contributed by atoms with Crippen LogP contribution in [-0.4, -0.2) is 33.3 Å². The van der Waals surface area contributed by atoms with Crippen LogP contribution in [0.4, 0.5) is 0 Å². The third kappa shape index (κ3) is 3.05. The van der Waals surface area contributed by atoms with Gasteiger partial charge in [-0.1, -0.05) is 0 Å². The molecule has 5 nitrogen and oxygen atoms in total. The minimum absolute atomic E-state index is 0.190. The highest BCUT2D eigenvalue weighted by atomic mass is 16.6. The van der Waals surface area contributed by atoms with E-state index in [1.165, 1.54) is 21.3 Å². The molecule has 0 atom stereocenters. The van der Waals surface area contributed by atoms with Gasteiger partial charge < -0.3 is 14.2 Å². The highest BCUT2D eigenvalue weighted by Crippen LogP contribution is 1.98. The van der Waals surface area contributed by atoms with E-state index in [0.717, 1.165) is 6.08 Å². The van der Waals surface area contributed by atoms with Crippen LogP contribution in [0.1, 0.15) is 0 Å². The summed E-state index contributed by atoms with van der Waals surface area (Å²) < 4.78 is 13.1. The number of rotatable bonds is 3. The minimum Gasteiger partial charge on any atom is -0.490 e. The molecule has 0 radical (unpaired) electrons. The quantitative estimate of drug-likeness (QED) is 0.338. The van der Waals surface area contributed by atoms with E-state index >= 15 is 0 Å². The molecule has 0 aromatic rings. The fraction of sp³-hybridized carbons (Fsp3) is 0.429. The molecule has 0 N–H and O–H groups in total. The minimum atomic E-state index is -0.720. The maximum Gasteiger partial charge on any atom is 0.373 e. The largest absolute Gasteiger partial charge is 0.490 e. The standard InChI is InChI=1S/C7H10O5/c1-10-5(7(9)12-3)4-6(8)11-2/h4H,1-3H3/b5-4+. The molecule has 0 saturated heterocycles. The summed E-state index contributed by atoms with van der Waals surface area (Å²) in [4.78, 5) is 21.4. The molecule has 0 aromatic carbocycles. The van der Waals surface area contributed by atoms with Crippen molar-refractivity contribution in [2.45, 2.75) is 0 Å². The van der Waals surface area contributed by atoms with E-state index in [2.05, 4.69) is 14.2 Å². The molecule has 12 heavy (non-hydrogen) atoms. The van der Waals surface area contributed by atoms with E-state index in [9.17, 15) is 9.59 Å². The smallest absolute Gasteiger partial charge is 0.373 e. The van der Waals surface area contributed by atoms with Crippen LogP contribution in [0.15, 0.2) is 11.8 Å². The number of ether oxygens (including phenoxy) is 3. The second kappa shape index (κ2) is 5.17. The Morgan fingerprint density at radius 1 is 1.00 bits per heavy atom. The highest BCUT2D eigenvalue weighted by Gasteiger charge is 2.11. The van der Waals surface area contributed by atoms with Gasteiger partial charge in [-0.2, -0.15) is 0 Å². The Hall–Kier alpha value is -1.52. The van der Waals surface area contributed by atoms with E-state index in [1.54, 1.807) is 0 Å². The van der Waals surface area contributed by atoms with Gasteiger partial charge in [0, 0.05) is 0 Å². The number of methoxy groups -OCH3 is 3. The van der Waals surface area contributed by atoms with Gasteiger partial charge in [0.25, 0.3) is 0 Å². The molecule has 0 unspecified atom stereocenters. The normalized spacial score (nSPS) is 10.4. The predicted octanol–water partition coefficient (Wildman–Crippen LogP) is -0.137. The lowest BCUT2D eigenvalue weighted by Gasteiger charge is -2.01. The van der Waals surface area contributed by atoms with Crippen molar-refractivity contribution in [1.82, 2.24) is 0 Å². The fourth-order valence-corrected chi connectivity index (χ4v) is 0.468. The van der Waals surface area contributed by atoms with Gasteiger partial charge in [-0.25, -0.2) is 9.59 Å². The van der Waals surface area contributed by atoms with Crippen LogP contribution in [0.25, 0.3) is 0 Å². The number of carbonyl (C=O) groups is 2. The molecule has 0 aliphatic rings. The first kappa shape index (κ1) is 10.5. The summed E-state index contributed by atoms with van der Waals surface area (Å²) in [5.74, 6) is -1.58. The summed E-state index contributed by atoms with van der Waals surface area (Å²) in [6.07, 6.45) is 0.909. The number of carbonyl (C=O) groups excluding carboxylic acids is 2. The average molecular weight is 174 g/mol. The molecule has 0 aliphatic carbocycles. The van der Waals surface area contributed by atoms with Crippen LogP contribution >= 0.6 is 0 Å². The summed E-state index contributed by atoms with van der Waals surface area (Å²) in [6, 6.07) is 0. The SMILES string of the molecule is COC(=O)/C=C(/OC)C(=O)OC. The van der Waals surface area contributed by atoms with Crippen LogP contribution < -0.4 is 0 Å². The Balaban J connectivity index is 4.43. The molecule has 0 heterocycles. The van der Waals surface area contributed by atoms with Gasteiger partial charge >= 0.3 is 11.9 Å². The van der Waals surface area contributed by atoms with Crippen molar-refractivity contribution < 1.29 is 23.8 Å². The first-order valence-corrected chi connectivity index (χ1v) is 3.07. The van der Waals surface area contributed by atoms with Gasteiger partial charge in [-0.15, -0.1) is 0 Å². The second-order valence-corrected chi connectivity index (χ2v) is 1.73. The Kier molecular flexibility index (Phi) is 4.52. The second-order valence-electron chi connectivity index (χ2n) is 1.73. The summed E-state index contributed by atoms with van der Waals surface area (Å²) >= 11 is 0. The van der Waals surface area contributed by atoms with Crippen molar-refractivity contribution in [2.24, 2.45) is 0 Å². The first-order valence-electron chi connectivity index (χ1n) is 3.07. The zero-order valence-corrected chi connectivity index (χ0v) is 7.12. The highest BCUT2D eigenvalue weighted by molar-refractivity contribution is 5.94. The van der Waals surface area contributed by atoms with Crippen LogP contribution in [0.5, 0.6) is 0 Å². The van der Waals surface area contributed by atoms with Crippen LogP contribution in [-0.2, 0) is 23.8 Å². The molecule has 0 bridgehead atoms. The number of hydrogen-bond acceptors (Lipinski definition) is 5. The molecule has 0 aliphatic heterocycles. The monoisotopic (exact) mass is 174 g/mol. The Labute approximate surface area is 69.9 Å². The first-order chi connectivity index (χ1) is 5.65. The molecule has 0 rings (SSSR count). The fourth-order valence-electron chi connectivity index (χ4n) is 0.468. The maximum atomic E-state index is 10.8. The van der Waals surface area contributed by atoms with Crippen molar-refractivity contribution in [2.75, 3.05) is 21.3 Å². The third-order valence-electron chi connectivity index (χ3n) is 1.06. The molecule has 0 saturated carbocycles. The summed E-state index contributed by atoms with van der Waals surface area (Å²) in [5, 5.41) is 0. The van der Waals surface area contributed by atoms with Crippen LogP contribution in [0.3, 0.4) is 0 Å². The zero-order chi connectivity index (χ0) is 9.56. The summed E-state index contributed by atoms with van der Waals surface area (Å²) in [7, 11) is 3.64. The molecule has 0 amide bonds. The summed E-state index contributed by atoms with van der Waals surface area (Å²) in [6.45, 7) is 0. The molecular formula is C7H10O5. The maximum absolute atomic E-state index is 10.8. The van der Waals surface area contributed by atoms with Crippen molar-refractivity contribution in [3.63, 3.8) is 0 Å². The third-order valence-corrected chi connectivity index (χ3v) is 1.06. The van der Waals surface area contributed by atoms with Crippen molar-refractivity contribution in [3.8, 4) is 0 Å².